The van der Waals surface area contributed by atoms with Crippen molar-refractivity contribution >= 4 is 33.2 Å². The summed E-state index contributed by atoms with van der Waals surface area (Å²) < 4.78 is 24.9. The van der Waals surface area contributed by atoms with E-state index in [0.29, 0.717) is 5.56 Å². The number of carbonyl (C=O) groups is 1. The number of nitrogens with one attached hydrogen (secondary N) is 2. The molecule has 0 aliphatic carbocycles. The maximum absolute atomic E-state index is 12.5. The SMILES string of the molecule is Cc1ccc(C)c([C@@H](C)NC(=O)c2ccc(NS(C)(=O)=O)c(Cl)c2)c1. The molecule has 0 aromatic heterocycles. The van der Waals surface area contributed by atoms with Crippen molar-refractivity contribution in [3.8, 4) is 0 Å². The topological polar surface area (TPSA) is 75.3 Å². The molecule has 0 heterocycles. The maximum Gasteiger partial charge on any atom is 0.251 e. The third kappa shape index (κ3) is 5.21. The Hall–Kier alpha value is -2.05. The molecule has 1 amide bonds. The minimum atomic E-state index is -3.43. The molecule has 1 atom stereocenters. The van der Waals surface area contributed by atoms with Gasteiger partial charge in [-0.3, -0.25) is 9.52 Å². The number of rotatable bonds is 5. The summed E-state index contributed by atoms with van der Waals surface area (Å²) in [6.45, 7) is 5.92. The van der Waals surface area contributed by atoms with Gasteiger partial charge < -0.3 is 5.32 Å². The molecule has 0 unspecified atom stereocenters. The molecule has 0 aliphatic heterocycles. The summed E-state index contributed by atoms with van der Waals surface area (Å²) in [6.07, 6.45) is 1.04. The third-order valence-corrected chi connectivity index (χ3v) is 4.68. The number of anilines is 1. The van der Waals surface area contributed by atoms with E-state index >= 15 is 0 Å². The number of amides is 1. The van der Waals surface area contributed by atoms with Crippen LogP contribution < -0.4 is 10.0 Å². The van der Waals surface area contributed by atoms with E-state index in [1.807, 2.05) is 39.0 Å². The van der Waals surface area contributed by atoms with Crippen molar-refractivity contribution in [3.63, 3.8) is 0 Å². The zero-order valence-electron chi connectivity index (χ0n) is 14.6. The highest BCUT2D eigenvalue weighted by Crippen LogP contribution is 2.25. The van der Waals surface area contributed by atoms with Crippen LogP contribution in [0.2, 0.25) is 5.02 Å². The van der Waals surface area contributed by atoms with E-state index in [4.69, 9.17) is 11.6 Å². The fraction of sp³-hybridized carbons (Fsp3) is 0.278. The number of hydrogen-bond acceptors (Lipinski definition) is 3. The number of aryl methyl sites for hydroxylation is 2. The Kier molecular flexibility index (Phi) is 5.75. The highest BCUT2D eigenvalue weighted by molar-refractivity contribution is 7.92. The lowest BCUT2D eigenvalue weighted by atomic mass is 9.99. The number of hydrogen-bond donors (Lipinski definition) is 2. The third-order valence-electron chi connectivity index (χ3n) is 3.78. The van der Waals surface area contributed by atoms with Gasteiger partial charge in [-0.15, -0.1) is 0 Å². The van der Waals surface area contributed by atoms with Crippen molar-refractivity contribution in [2.75, 3.05) is 11.0 Å². The van der Waals surface area contributed by atoms with E-state index < -0.39 is 10.0 Å². The minimum Gasteiger partial charge on any atom is -0.346 e. The van der Waals surface area contributed by atoms with Gasteiger partial charge in [-0.25, -0.2) is 8.42 Å². The average Bonchev–Trinajstić information content (AvgIpc) is 2.50. The lowest BCUT2D eigenvalue weighted by Crippen LogP contribution is -2.27. The van der Waals surface area contributed by atoms with Crippen LogP contribution in [0.1, 0.15) is 40.0 Å². The predicted molar refractivity (Wildman–Crippen MR) is 102 cm³/mol. The maximum atomic E-state index is 12.5. The summed E-state index contributed by atoms with van der Waals surface area (Å²) >= 11 is 6.07. The quantitative estimate of drug-likeness (QED) is 0.827. The first-order valence-electron chi connectivity index (χ1n) is 7.72. The van der Waals surface area contributed by atoms with Gasteiger partial charge >= 0.3 is 0 Å². The van der Waals surface area contributed by atoms with E-state index in [-0.39, 0.29) is 22.7 Å². The van der Waals surface area contributed by atoms with Crippen LogP contribution in [0.4, 0.5) is 5.69 Å². The molecule has 0 aliphatic rings. The second-order valence-electron chi connectivity index (χ2n) is 6.12. The highest BCUT2D eigenvalue weighted by Gasteiger charge is 2.15. The van der Waals surface area contributed by atoms with Crippen LogP contribution in [0.3, 0.4) is 0 Å². The molecule has 2 rings (SSSR count). The summed E-state index contributed by atoms with van der Waals surface area (Å²) in [5.41, 5.74) is 3.88. The Bertz CT molecular complexity index is 911. The van der Waals surface area contributed by atoms with Gasteiger partial charge in [0.1, 0.15) is 0 Å². The van der Waals surface area contributed by atoms with Gasteiger partial charge in [0.25, 0.3) is 5.91 Å². The number of sulfonamides is 1. The van der Waals surface area contributed by atoms with Gasteiger partial charge in [0.05, 0.1) is 23.0 Å². The van der Waals surface area contributed by atoms with Crippen molar-refractivity contribution in [1.29, 1.82) is 0 Å². The van der Waals surface area contributed by atoms with Crippen LogP contribution in [0.25, 0.3) is 0 Å². The van der Waals surface area contributed by atoms with E-state index in [1.54, 1.807) is 0 Å². The Morgan fingerprint density at radius 1 is 1.12 bits per heavy atom. The molecule has 0 saturated carbocycles. The lowest BCUT2D eigenvalue weighted by molar-refractivity contribution is 0.0940. The van der Waals surface area contributed by atoms with Crippen molar-refractivity contribution in [3.05, 3.63) is 63.7 Å². The summed E-state index contributed by atoms with van der Waals surface area (Å²) in [7, 11) is -3.43. The van der Waals surface area contributed by atoms with Crippen molar-refractivity contribution < 1.29 is 13.2 Å². The Morgan fingerprint density at radius 2 is 1.80 bits per heavy atom. The standard InChI is InChI=1S/C18H21ClN2O3S/c1-11-5-6-12(2)15(9-11)13(3)20-18(22)14-7-8-17(16(19)10-14)21-25(4,23)24/h5-10,13,21H,1-4H3,(H,20,22)/t13-/m1/s1. The first-order chi connectivity index (χ1) is 11.6. The summed E-state index contributed by atoms with van der Waals surface area (Å²) in [5, 5.41) is 3.10. The monoisotopic (exact) mass is 380 g/mol. The highest BCUT2D eigenvalue weighted by atomic mass is 35.5. The van der Waals surface area contributed by atoms with Crippen molar-refractivity contribution in [2.24, 2.45) is 0 Å². The summed E-state index contributed by atoms with van der Waals surface area (Å²) in [6, 6.07) is 10.4. The molecule has 0 spiro atoms. The lowest BCUT2D eigenvalue weighted by Gasteiger charge is -2.18. The molecule has 2 aromatic rings. The first-order valence-corrected chi connectivity index (χ1v) is 9.99. The largest absolute Gasteiger partial charge is 0.346 e. The first kappa shape index (κ1) is 19.3. The normalized spacial score (nSPS) is 12.5. The van der Waals surface area contributed by atoms with E-state index in [0.717, 1.165) is 22.9 Å². The van der Waals surface area contributed by atoms with Crippen LogP contribution in [0.5, 0.6) is 0 Å². The molecule has 25 heavy (non-hydrogen) atoms. The van der Waals surface area contributed by atoms with E-state index in [2.05, 4.69) is 10.0 Å². The Labute approximate surface area is 153 Å². The second kappa shape index (κ2) is 7.45. The van der Waals surface area contributed by atoms with Crippen LogP contribution >= 0.6 is 11.6 Å². The molecule has 5 nitrogen and oxygen atoms in total. The van der Waals surface area contributed by atoms with E-state index in [9.17, 15) is 13.2 Å². The minimum absolute atomic E-state index is 0.164. The number of carbonyl (C=O) groups excluding carboxylic acids is 1. The van der Waals surface area contributed by atoms with Crippen LogP contribution in [-0.2, 0) is 10.0 Å². The number of halogens is 1. The van der Waals surface area contributed by atoms with Crippen molar-refractivity contribution in [1.82, 2.24) is 5.32 Å². The molecule has 0 fully saturated rings. The molecule has 0 saturated heterocycles. The van der Waals surface area contributed by atoms with Gasteiger partial charge in [0, 0.05) is 5.56 Å². The van der Waals surface area contributed by atoms with Gasteiger partial charge in [0.15, 0.2) is 0 Å². The fourth-order valence-electron chi connectivity index (χ4n) is 2.52. The molecule has 0 radical (unpaired) electrons. The van der Waals surface area contributed by atoms with Crippen LogP contribution in [0.15, 0.2) is 36.4 Å². The Morgan fingerprint density at radius 3 is 2.40 bits per heavy atom. The van der Waals surface area contributed by atoms with Crippen molar-refractivity contribution in [2.45, 2.75) is 26.8 Å². The zero-order valence-corrected chi connectivity index (χ0v) is 16.1. The van der Waals surface area contributed by atoms with Gasteiger partial charge in [-0.05, 0) is 50.1 Å². The second-order valence-corrected chi connectivity index (χ2v) is 8.28. The summed E-state index contributed by atoms with van der Waals surface area (Å²) in [5.74, 6) is -0.277. The molecular weight excluding hydrogens is 360 g/mol. The fourth-order valence-corrected chi connectivity index (χ4v) is 3.38. The average molecular weight is 381 g/mol. The molecular formula is C18H21ClN2O3S. The van der Waals surface area contributed by atoms with E-state index in [1.165, 1.54) is 18.2 Å². The molecule has 7 heteroatoms. The molecule has 2 N–H and O–H groups in total. The van der Waals surface area contributed by atoms with Gasteiger partial charge in [-0.2, -0.15) is 0 Å². The van der Waals surface area contributed by atoms with Gasteiger partial charge in [-0.1, -0.05) is 35.4 Å². The smallest absolute Gasteiger partial charge is 0.251 e. The molecule has 0 bridgehead atoms. The molecule has 134 valence electrons. The molecule has 2 aromatic carbocycles. The Balaban J connectivity index is 2.18. The zero-order chi connectivity index (χ0) is 18.8. The van der Waals surface area contributed by atoms with Crippen LogP contribution in [0, 0.1) is 13.8 Å². The van der Waals surface area contributed by atoms with Gasteiger partial charge in [0.2, 0.25) is 10.0 Å². The number of benzene rings is 2. The predicted octanol–water partition coefficient (Wildman–Crippen LogP) is 3.82. The summed E-state index contributed by atoms with van der Waals surface area (Å²) in [4.78, 5) is 12.5. The van der Waals surface area contributed by atoms with Crippen LogP contribution in [-0.4, -0.2) is 20.6 Å².